The van der Waals surface area contributed by atoms with Gasteiger partial charge < -0.3 is 38.3 Å². The molecule has 0 aliphatic rings. The van der Waals surface area contributed by atoms with Gasteiger partial charge in [-0.25, -0.2) is 0 Å². The standard InChI is InChI=1S/7H2O/h7*1H2. The maximum atomic E-state index is 0. The quantitative estimate of drug-likeness (QED) is 0.295. The second kappa shape index (κ2) is 1630. The summed E-state index contributed by atoms with van der Waals surface area (Å²) in [7, 11) is 0. The van der Waals surface area contributed by atoms with Crippen LogP contribution in [-0.4, -0.2) is 38.3 Å². The first kappa shape index (κ1) is 2800. The van der Waals surface area contributed by atoms with Crippen molar-refractivity contribution in [3.05, 3.63) is 0 Å². The van der Waals surface area contributed by atoms with E-state index in [0.29, 0.717) is 0 Å². The fraction of sp³-hybridized carbons (Fsp3) is 0. The van der Waals surface area contributed by atoms with Gasteiger partial charge in [0.05, 0.1) is 0 Å². The fourth-order valence-corrected chi connectivity index (χ4v) is 0. The van der Waals surface area contributed by atoms with Gasteiger partial charge in [0.15, 0.2) is 0 Å². The fourth-order valence-electron chi connectivity index (χ4n) is 0. The molecule has 7 heteroatoms. The number of hydrogen-bond acceptors (Lipinski definition) is 0. The van der Waals surface area contributed by atoms with Gasteiger partial charge in [-0.3, -0.25) is 0 Å². The molecule has 0 atom stereocenters. The van der Waals surface area contributed by atoms with Crippen molar-refractivity contribution in [2.45, 2.75) is 0 Å². The summed E-state index contributed by atoms with van der Waals surface area (Å²) in [5.74, 6) is 0. The lowest BCUT2D eigenvalue weighted by molar-refractivity contribution is 0.823. The Kier molecular flexibility index (Phi) is 651000. The Morgan fingerprint density at radius 2 is 0.143 bits per heavy atom. The molecule has 0 fully saturated rings. The lowest BCUT2D eigenvalue weighted by Crippen LogP contribution is -0.290. The van der Waals surface area contributed by atoms with Crippen LogP contribution in [0.2, 0.25) is 0 Å². The van der Waals surface area contributed by atoms with Crippen LogP contribution in [0, 0.1) is 0 Å². The topological polar surface area (TPSA) is 220 Å². The third kappa shape index (κ3) is 1010. The zero-order chi connectivity index (χ0) is 0. The summed E-state index contributed by atoms with van der Waals surface area (Å²) in [6.45, 7) is 0. The van der Waals surface area contributed by atoms with Crippen molar-refractivity contribution in [1.82, 2.24) is 0 Å². The molecule has 0 heterocycles. The monoisotopic (exact) mass is 126 g/mol. The largest absolute Gasteiger partial charge is 0.412 e. The van der Waals surface area contributed by atoms with E-state index in [2.05, 4.69) is 0 Å². The van der Waals surface area contributed by atoms with Crippen LogP contribution in [0.3, 0.4) is 0 Å². The second-order valence-corrected chi connectivity index (χ2v) is 0. The summed E-state index contributed by atoms with van der Waals surface area (Å²) in [4.78, 5) is 0. The summed E-state index contributed by atoms with van der Waals surface area (Å²) in [5, 5.41) is 0. The van der Waals surface area contributed by atoms with Crippen molar-refractivity contribution in [1.29, 1.82) is 0 Å². The lowest BCUT2D eigenvalue weighted by Gasteiger charge is -0.413. The molecule has 0 aromatic carbocycles. The maximum absolute atomic E-state index is 0. The van der Waals surface area contributed by atoms with Crippen LogP contribution in [0.5, 0.6) is 0 Å². The third-order valence-electron chi connectivity index (χ3n) is 0. The Labute approximate surface area is 39.7 Å². The van der Waals surface area contributed by atoms with Gasteiger partial charge in [-0.15, -0.1) is 0 Å². The molecular weight excluding hydrogens is 112 g/mol. The highest BCUT2D eigenvalue weighted by Crippen LogP contribution is -0.283. The normalized spacial score (nSPS) is 0. The molecule has 0 radical (unpaired) electrons. The average Bonchev–Trinajstić information content (AvgIpc) is 0. The van der Waals surface area contributed by atoms with Crippen LogP contribution in [0.1, 0.15) is 0 Å². The van der Waals surface area contributed by atoms with Crippen LogP contribution in [0.4, 0.5) is 0 Å². The molecule has 0 spiro atoms. The van der Waals surface area contributed by atoms with Crippen LogP contribution in [0.15, 0.2) is 0 Å². The molecule has 0 saturated carbocycles. The van der Waals surface area contributed by atoms with E-state index in [9.17, 15) is 0 Å². The molecule has 0 aromatic rings. The Morgan fingerprint density at radius 1 is 0.143 bits per heavy atom. The minimum atomic E-state index is 0. The molecule has 0 bridgehead atoms. The molecule has 0 saturated heterocycles. The molecule has 0 aromatic heterocycles. The van der Waals surface area contributed by atoms with Gasteiger partial charge >= 0.3 is 0 Å². The highest BCUT2D eigenvalue weighted by molar-refractivity contribution is 0.830. The summed E-state index contributed by atoms with van der Waals surface area (Å²) < 4.78 is 0. The molecule has 14 N–H and O–H groups in total. The van der Waals surface area contributed by atoms with Gasteiger partial charge in [-0.05, 0) is 0 Å². The molecule has 0 unspecified atom stereocenters. The molecule has 0 aliphatic carbocycles. The number of hydrogen-bond donors (Lipinski definition) is 0. The Hall–Kier alpha value is -0.280. The van der Waals surface area contributed by atoms with Crippen LogP contribution < -0.4 is 0 Å². The van der Waals surface area contributed by atoms with Gasteiger partial charge in [-0.2, -0.15) is 0 Å². The van der Waals surface area contributed by atoms with Gasteiger partial charge in [0.2, 0.25) is 0 Å². The third-order valence-corrected chi connectivity index (χ3v) is 0. The van der Waals surface area contributed by atoms with Crippen molar-refractivity contribution in [2.75, 3.05) is 0 Å². The summed E-state index contributed by atoms with van der Waals surface area (Å²) in [5.41, 5.74) is 0. The van der Waals surface area contributed by atoms with E-state index < -0.39 is 0 Å². The van der Waals surface area contributed by atoms with Gasteiger partial charge in [0, 0.05) is 0 Å². The van der Waals surface area contributed by atoms with E-state index in [1.165, 1.54) is 0 Å². The average molecular weight is 126 g/mol. The van der Waals surface area contributed by atoms with Crippen molar-refractivity contribution >= 4 is 0 Å². The van der Waals surface area contributed by atoms with Crippen molar-refractivity contribution in [2.24, 2.45) is 0 Å². The zero-order valence-electron chi connectivity index (χ0n) is 3.50. The second-order valence-electron chi connectivity index (χ2n) is 0. The van der Waals surface area contributed by atoms with Gasteiger partial charge in [0.25, 0.3) is 0 Å². The van der Waals surface area contributed by atoms with E-state index in [1.54, 1.807) is 0 Å². The lowest BCUT2D eigenvalue weighted by atomic mass is 16.0. The first-order chi connectivity index (χ1) is 0. The predicted octanol–water partition coefficient (Wildman–Crippen LogP) is -5.77. The molecule has 7 heavy (non-hydrogen) atoms. The molecule has 56 valence electrons. The SMILES string of the molecule is O.O.O.O.O.O.O. The van der Waals surface area contributed by atoms with Crippen molar-refractivity contribution in [3.8, 4) is 0 Å². The Bertz CT molecular complexity index is 0. The van der Waals surface area contributed by atoms with E-state index in [1.807, 2.05) is 0 Å². The molecule has 0 amide bonds. The number of rotatable bonds is 0. The van der Waals surface area contributed by atoms with Gasteiger partial charge in [-0.1, -0.05) is 0 Å². The van der Waals surface area contributed by atoms with E-state index in [0.717, 1.165) is 0 Å². The minimum Gasteiger partial charge on any atom is -0.412 e. The highest BCUT2D eigenvalue weighted by Gasteiger charge is -0.406. The summed E-state index contributed by atoms with van der Waals surface area (Å²) >= 11 is 0. The molecule has 0 rings (SSSR count). The predicted molar refractivity (Wildman–Crippen MR) is 25.3 cm³/mol. The first-order valence-electron chi connectivity index (χ1n) is 0. The first-order valence-corrected chi connectivity index (χ1v) is 0. The molecular formula is H14O7. The Balaban J connectivity index is 0. The minimum absolute atomic E-state index is 0. The molecule has 0 aliphatic heterocycles. The van der Waals surface area contributed by atoms with Crippen molar-refractivity contribution in [3.63, 3.8) is 0 Å². The van der Waals surface area contributed by atoms with Crippen LogP contribution in [0.25, 0.3) is 0 Å². The van der Waals surface area contributed by atoms with E-state index in [-0.39, 0.29) is 38.3 Å². The maximum Gasteiger partial charge on any atom is -0.412 e. The summed E-state index contributed by atoms with van der Waals surface area (Å²) in [6.07, 6.45) is 0. The van der Waals surface area contributed by atoms with Crippen molar-refractivity contribution < 1.29 is 38.3 Å². The molecule has 7 nitrogen and oxygen atoms in total. The highest BCUT2D eigenvalue weighted by atomic mass is 16.0. The van der Waals surface area contributed by atoms with E-state index in [4.69, 9.17) is 0 Å². The van der Waals surface area contributed by atoms with Crippen LogP contribution in [-0.2, 0) is 0 Å². The van der Waals surface area contributed by atoms with E-state index >= 15 is 0 Å². The van der Waals surface area contributed by atoms with Crippen LogP contribution >= 0.6 is 0 Å². The summed E-state index contributed by atoms with van der Waals surface area (Å²) in [6, 6.07) is 0. The van der Waals surface area contributed by atoms with Gasteiger partial charge in [0.1, 0.15) is 0 Å². The Morgan fingerprint density at radius 3 is 0.143 bits per heavy atom. The smallest absolute Gasteiger partial charge is 0.412 e. The zero-order valence-corrected chi connectivity index (χ0v) is 3.50.